The van der Waals surface area contributed by atoms with E-state index in [-0.39, 0.29) is 15.7 Å². The molecule has 5 N–H and O–H groups in total. The number of rotatable bonds is 3. The summed E-state index contributed by atoms with van der Waals surface area (Å²) in [5, 5.41) is 27.8. The molecule has 0 saturated heterocycles. The Bertz CT molecular complexity index is 336. The van der Waals surface area contributed by atoms with E-state index < -0.39 is 18.8 Å². The Morgan fingerprint density at radius 3 is 2.07 bits per heavy atom. The molecule has 1 rings (SSSR count). The number of anilines is 1. The molecule has 0 radical (unpaired) electrons. The first-order chi connectivity index (χ1) is 6.97. The number of aliphatic hydroxyl groups is 3. The molecule has 0 bridgehead atoms. The van der Waals surface area contributed by atoms with Crippen molar-refractivity contribution in [2.75, 3.05) is 12.3 Å². The molecule has 0 amide bonds. The van der Waals surface area contributed by atoms with Gasteiger partial charge in [0.2, 0.25) is 0 Å². The summed E-state index contributed by atoms with van der Waals surface area (Å²) in [6, 6.07) is 2.79. The van der Waals surface area contributed by atoms with Gasteiger partial charge in [-0.15, -0.1) is 0 Å². The van der Waals surface area contributed by atoms with Crippen LogP contribution < -0.4 is 5.73 Å². The van der Waals surface area contributed by atoms with Gasteiger partial charge in [-0.2, -0.15) is 0 Å². The van der Waals surface area contributed by atoms with Gasteiger partial charge in [0.25, 0.3) is 0 Å². The molecule has 0 aliphatic carbocycles. The topological polar surface area (TPSA) is 86.7 Å². The Morgan fingerprint density at radius 2 is 1.67 bits per heavy atom. The smallest absolute Gasteiger partial charge is 0.107 e. The van der Waals surface area contributed by atoms with Gasteiger partial charge in [0.1, 0.15) is 12.2 Å². The molecule has 0 saturated carbocycles. The molecule has 15 heavy (non-hydrogen) atoms. The number of benzene rings is 1. The maximum Gasteiger partial charge on any atom is 0.107 e. The summed E-state index contributed by atoms with van der Waals surface area (Å²) in [6.45, 7) is -0.555. The molecule has 6 heteroatoms. The minimum Gasteiger partial charge on any atom is -0.396 e. The van der Waals surface area contributed by atoms with Gasteiger partial charge in [-0.3, -0.25) is 0 Å². The van der Waals surface area contributed by atoms with Crippen molar-refractivity contribution in [3.05, 3.63) is 27.7 Å². The lowest BCUT2D eigenvalue weighted by molar-refractivity contribution is -0.0152. The van der Waals surface area contributed by atoms with Crippen LogP contribution in [0.15, 0.2) is 12.1 Å². The van der Waals surface area contributed by atoms with Crippen LogP contribution in [0.2, 0.25) is 10.0 Å². The van der Waals surface area contributed by atoms with Gasteiger partial charge >= 0.3 is 0 Å². The Kier molecular flexibility index (Phi) is 4.19. The normalized spacial score (nSPS) is 15.0. The predicted octanol–water partition coefficient (Wildman–Crippen LogP) is 0.962. The maximum absolute atomic E-state index is 9.56. The van der Waals surface area contributed by atoms with Crippen molar-refractivity contribution >= 4 is 28.9 Å². The first kappa shape index (κ1) is 12.5. The SMILES string of the molecule is Nc1c(Cl)cc(C(O)C(O)CO)cc1Cl. The molecule has 4 nitrogen and oxygen atoms in total. The Morgan fingerprint density at radius 1 is 1.20 bits per heavy atom. The fourth-order valence-electron chi connectivity index (χ4n) is 1.10. The van der Waals surface area contributed by atoms with Crippen molar-refractivity contribution in [1.29, 1.82) is 0 Å². The van der Waals surface area contributed by atoms with Crippen LogP contribution in [0.25, 0.3) is 0 Å². The minimum absolute atomic E-state index is 0.196. The van der Waals surface area contributed by atoms with Gasteiger partial charge in [0.15, 0.2) is 0 Å². The second-order valence-corrected chi connectivity index (χ2v) is 3.91. The standard InChI is InChI=1S/C9H11Cl2NO3/c10-5-1-4(2-6(11)8(5)12)9(15)7(14)3-13/h1-2,7,9,13-15H,3,12H2. The minimum atomic E-state index is -1.28. The molecular formula is C9H11Cl2NO3. The molecule has 0 fully saturated rings. The zero-order valence-electron chi connectivity index (χ0n) is 7.69. The largest absolute Gasteiger partial charge is 0.396 e. The fourth-order valence-corrected chi connectivity index (χ4v) is 1.60. The highest BCUT2D eigenvalue weighted by Crippen LogP contribution is 2.31. The molecule has 2 unspecified atom stereocenters. The summed E-state index contributed by atoms with van der Waals surface area (Å²) in [7, 11) is 0. The van der Waals surface area contributed by atoms with Crippen molar-refractivity contribution in [1.82, 2.24) is 0 Å². The highest BCUT2D eigenvalue weighted by molar-refractivity contribution is 6.38. The number of halogens is 2. The Hall–Kier alpha value is -0.520. The van der Waals surface area contributed by atoms with Gasteiger partial charge in [-0.1, -0.05) is 23.2 Å². The number of aliphatic hydroxyl groups excluding tert-OH is 3. The fraction of sp³-hybridized carbons (Fsp3) is 0.333. The summed E-state index contributed by atoms with van der Waals surface area (Å²) >= 11 is 11.5. The van der Waals surface area contributed by atoms with Crippen molar-refractivity contribution in [2.45, 2.75) is 12.2 Å². The molecule has 1 aromatic carbocycles. The average Bonchev–Trinajstić information content (AvgIpc) is 2.23. The Balaban J connectivity index is 3.06. The van der Waals surface area contributed by atoms with E-state index in [0.29, 0.717) is 5.56 Å². The highest BCUT2D eigenvalue weighted by atomic mass is 35.5. The van der Waals surface area contributed by atoms with Crippen molar-refractivity contribution in [2.24, 2.45) is 0 Å². The highest BCUT2D eigenvalue weighted by Gasteiger charge is 2.19. The third-order valence-corrected chi connectivity index (χ3v) is 2.62. The monoisotopic (exact) mass is 251 g/mol. The predicted molar refractivity (Wildman–Crippen MR) is 58.9 cm³/mol. The lowest BCUT2D eigenvalue weighted by Gasteiger charge is -2.17. The summed E-state index contributed by atoms with van der Waals surface area (Å²) in [4.78, 5) is 0. The summed E-state index contributed by atoms with van der Waals surface area (Å²) in [6.07, 6.45) is -2.52. The molecule has 0 spiro atoms. The van der Waals surface area contributed by atoms with Crippen LogP contribution in [0.5, 0.6) is 0 Å². The van der Waals surface area contributed by atoms with Gasteiger partial charge in [0.05, 0.1) is 22.3 Å². The number of nitrogens with two attached hydrogens (primary N) is 1. The molecule has 0 heterocycles. The van der Waals surface area contributed by atoms with E-state index in [4.69, 9.17) is 34.0 Å². The third kappa shape index (κ3) is 2.74. The second-order valence-electron chi connectivity index (χ2n) is 3.09. The van der Waals surface area contributed by atoms with Gasteiger partial charge in [0, 0.05) is 0 Å². The number of nitrogen functional groups attached to an aromatic ring is 1. The quantitative estimate of drug-likeness (QED) is 0.603. The zero-order valence-corrected chi connectivity index (χ0v) is 9.20. The van der Waals surface area contributed by atoms with Crippen molar-refractivity contribution in [3.8, 4) is 0 Å². The first-order valence-electron chi connectivity index (χ1n) is 4.18. The maximum atomic E-state index is 9.56. The summed E-state index contributed by atoms with van der Waals surface area (Å²) in [5.41, 5.74) is 6.02. The average molecular weight is 252 g/mol. The third-order valence-electron chi connectivity index (χ3n) is 1.99. The Labute approximate surface area is 96.9 Å². The molecule has 84 valence electrons. The molecule has 2 atom stereocenters. The molecule has 0 aliphatic rings. The van der Waals surface area contributed by atoms with Crippen LogP contribution in [-0.2, 0) is 0 Å². The van der Waals surface area contributed by atoms with Crippen LogP contribution in [-0.4, -0.2) is 28.0 Å². The van der Waals surface area contributed by atoms with Gasteiger partial charge < -0.3 is 21.1 Å². The van der Waals surface area contributed by atoms with Gasteiger partial charge in [-0.25, -0.2) is 0 Å². The van der Waals surface area contributed by atoms with Crippen LogP contribution in [0, 0.1) is 0 Å². The molecule has 0 aliphatic heterocycles. The lowest BCUT2D eigenvalue weighted by Crippen LogP contribution is -2.22. The van der Waals surface area contributed by atoms with E-state index in [1.54, 1.807) is 0 Å². The van der Waals surface area contributed by atoms with Gasteiger partial charge in [-0.05, 0) is 17.7 Å². The number of hydrogen-bond acceptors (Lipinski definition) is 4. The van der Waals surface area contributed by atoms with Crippen LogP contribution in [0.1, 0.15) is 11.7 Å². The van der Waals surface area contributed by atoms with E-state index in [1.165, 1.54) is 12.1 Å². The van der Waals surface area contributed by atoms with E-state index in [9.17, 15) is 10.2 Å². The van der Waals surface area contributed by atoms with E-state index >= 15 is 0 Å². The molecular weight excluding hydrogens is 241 g/mol. The van der Waals surface area contributed by atoms with Crippen LogP contribution >= 0.6 is 23.2 Å². The zero-order chi connectivity index (χ0) is 11.6. The van der Waals surface area contributed by atoms with E-state index in [1.807, 2.05) is 0 Å². The first-order valence-corrected chi connectivity index (χ1v) is 4.94. The number of hydrogen-bond donors (Lipinski definition) is 4. The summed E-state index contributed by atoms with van der Waals surface area (Å²) < 4.78 is 0. The lowest BCUT2D eigenvalue weighted by atomic mass is 10.0. The summed E-state index contributed by atoms with van der Waals surface area (Å²) in [5.74, 6) is 0. The second kappa shape index (κ2) is 5.01. The van der Waals surface area contributed by atoms with Crippen molar-refractivity contribution < 1.29 is 15.3 Å². The molecule has 1 aromatic rings. The van der Waals surface area contributed by atoms with E-state index in [0.717, 1.165) is 0 Å². The van der Waals surface area contributed by atoms with Crippen molar-refractivity contribution in [3.63, 3.8) is 0 Å². The van der Waals surface area contributed by atoms with E-state index in [2.05, 4.69) is 0 Å². The van der Waals surface area contributed by atoms with Crippen LogP contribution in [0.4, 0.5) is 5.69 Å². The van der Waals surface area contributed by atoms with Crippen LogP contribution in [0.3, 0.4) is 0 Å². The molecule has 0 aromatic heterocycles.